The molecule has 1 fully saturated rings. The minimum Gasteiger partial charge on any atom is -0.494 e. The number of nitrogens with zero attached hydrogens (tertiary/aromatic N) is 3. The van der Waals surface area contributed by atoms with Gasteiger partial charge in [-0.15, -0.1) is 0 Å². The van der Waals surface area contributed by atoms with Gasteiger partial charge in [0.2, 0.25) is 5.91 Å². The highest BCUT2D eigenvalue weighted by atomic mass is 16.5. The van der Waals surface area contributed by atoms with Gasteiger partial charge in [-0.05, 0) is 58.4 Å². The number of imidazole rings is 1. The van der Waals surface area contributed by atoms with E-state index in [1.54, 1.807) is 0 Å². The lowest BCUT2D eigenvalue weighted by atomic mass is 10.1. The van der Waals surface area contributed by atoms with Gasteiger partial charge in [0.05, 0.1) is 17.6 Å². The number of fused-ring (bicyclic) bond motifs is 1. The minimum atomic E-state index is -0.162. The maximum atomic E-state index is 12.6. The Morgan fingerprint density at radius 3 is 2.53 bits per heavy atom. The largest absolute Gasteiger partial charge is 0.494 e. The number of ether oxygens (including phenoxy) is 1. The lowest BCUT2D eigenvalue weighted by Gasteiger charge is -2.32. The van der Waals surface area contributed by atoms with Crippen molar-refractivity contribution >= 4 is 16.9 Å². The molecule has 3 aromatic rings. The fourth-order valence-electron chi connectivity index (χ4n) is 4.22. The third-order valence-corrected chi connectivity index (χ3v) is 5.80. The highest BCUT2D eigenvalue weighted by molar-refractivity contribution is 5.81. The minimum absolute atomic E-state index is 0.127. The van der Waals surface area contributed by atoms with E-state index in [9.17, 15) is 4.79 Å². The van der Waals surface area contributed by atoms with E-state index in [0.717, 1.165) is 42.1 Å². The van der Waals surface area contributed by atoms with Crippen molar-refractivity contribution in [1.82, 2.24) is 14.5 Å². The van der Waals surface area contributed by atoms with Crippen molar-refractivity contribution in [3.63, 3.8) is 0 Å². The first kappa shape index (κ1) is 20.5. The van der Waals surface area contributed by atoms with Crippen molar-refractivity contribution in [1.29, 1.82) is 0 Å². The molecule has 1 saturated heterocycles. The van der Waals surface area contributed by atoms with Gasteiger partial charge in [-0.3, -0.25) is 4.79 Å². The SMILES string of the molecule is Cc1ccc(OCCCn2c([C@H]3CC(=O)N(C(C)(C)C)C3)nc3ccccc32)cc1. The molecule has 5 heteroatoms. The van der Waals surface area contributed by atoms with Crippen LogP contribution in [-0.2, 0) is 11.3 Å². The molecule has 1 aromatic heterocycles. The normalized spacial score (nSPS) is 17.1. The van der Waals surface area contributed by atoms with E-state index in [4.69, 9.17) is 9.72 Å². The van der Waals surface area contributed by atoms with Gasteiger partial charge < -0.3 is 14.2 Å². The number of aromatic nitrogens is 2. The molecule has 30 heavy (non-hydrogen) atoms. The summed E-state index contributed by atoms with van der Waals surface area (Å²) < 4.78 is 8.21. The zero-order valence-electron chi connectivity index (χ0n) is 18.4. The third-order valence-electron chi connectivity index (χ3n) is 5.80. The van der Waals surface area contributed by atoms with E-state index in [-0.39, 0.29) is 17.4 Å². The van der Waals surface area contributed by atoms with Gasteiger partial charge in [0.1, 0.15) is 11.6 Å². The van der Waals surface area contributed by atoms with Crippen molar-refractivity contribution in [2.24, 2.45) is 0 Å². The molecule has 1 amide bonds. The van der Waals surface area contributed by atoms with Crippen LogP contribution in [-0.4, -0.2) is 39.0 Å². The van der Waals surface area contributed by atoms with Gasteiger partial charge in [-0.25, -0.2) is 4.98 Å². The summed E-state index contributed by atoms with van der Waals surface area (Å²) >= 11 is 0. The van der Waals surface area contributed by atoms with Crippen LogP contribution in [0.3, 0.4) is 0 Å². The Morgan fingerprint density at radius 1 is 1.10 bits per heavy atom. The summed E-state index contributed by atoms with van der Waals surface area (Å²) in [5.74, 6) is 2.26. The number of para-hydroxylation sites is 2. The van der Waals surface area contributed by atoms with Crippen LogP contribution in [0.15, 0.2) is 48.5 Å². The molecule has 0 aliphatic carbocycles. The summed E-state index contributed by atoms with van der Waals surface area (Å²) in [5, 5.41) is 0. The fraction of sp³-hybridized carbons (Fsp3) is 0.440. The standard InChI is InChI=1S/C25H31N3O2/c1-18-10-12-20(13-11-18)30-15-7-14-27-22-9-6-5-8-21(22)26-24(27)19-16-23(29)28(17-19)25(2,3)4/h5-6,8-13,19H,7,14-17H2,1-4H3/t19-/m0/s1. The molecule has 5 nitrogen and oxygen atoms in total. The molecule has 0 bridgehead atoms. The molecule has 0 spiro atoms. The Kier molecular flexibility index (Phi) is 5.54. The average Bonchev–Trinajstić information content (AvgIpc) is 3.27. The summed E-state index contributed by atoms with van der Waals surface area (Å²) in [5.41, 5.74) is 3.19. The summed E-state index contributed by atoms with van der Waals surface area (Å²) in [6, 6.07) is 16.4. The van der Waals surface area contributed by atoms with Crippen LogP contribution in [0.4, 0.5) is 0 Å². The van der Waals surface area contributed by atoms with E-state index >= 15 is 0 Å². The van der Waals surface area contributed by atoms with Crippen molar-refractivity contribution < 1.29 is 9.53 Å². The quantitative estimate of drug-likeness (QED) is 0.547. The number of amides is 1. The zero-order chi connectivity index (χ0) is 21.3. The molecular formula is C25H31N3O2. The summed E-state index contributed by atoms with van der Waals surface area (Å²) in [6.45, 7) is 10.6. The molecule has 2 heterocycles. The highest BCUT2D eigenvalue weighted by Gasteiger charge is 2.38. The average molecular weight is 406 g/mol. The predicted molar refractivity (Wildman–Crippen MR) is 120 cm³/mol. The Morgan fingerprint density at radius 2 is 1.83 bits per heavy atom. The van der Waals surface area contributed by atoms with Crippen molar-refractivity contribution in [3.05, 3.63) is 59.9 Å². The van der Waals surface area contributed by atoms with Crippen LogP contribution in [0.1, 0.15) is 50.9 Å². The van der Waals surface area contributed by atoms with Gasteiger partial charge in [-0.1, -0.05) is 29.8 Å². The van der Waals surface area contributed by atoms with Crippen LogP contribution in [0.2, 0.25) is 0 Å². The molecule has 0 radical (unpaired) electrons. The first-order chi connectivity index (χ1) is 14.3. The number of rotatable bonds is 6. The van der Waals surface area contributed by atoms with Crippen LogP contribution in [0, 0.1) is 6.92 Å². The lowest BCUT2D eigenvalue weighted by molar-refractivity contribution is -0.131. The number of hydrogen-bond donors (Lipinski definition) is 0. The van der Waals surface area contributed by atoms with Crippen molar-refractivity contribution in [3.8, 4) is 5.75 Å². The molecule has 158 valence electrons. The Labute approximate surface area is 178 Å². The van der Waals surface area contributed by atoms with E-state index in [1.807, 2.05) is 29.2 Å². The number of carbonyl (C=O) groups is 1. The molecule has 0 unspecified atom stereocenters. The van der Waals surface area contributed by atoms with Gasteiger partial charge in [0.25, 0.3) is 0 Å². The summed E-state index contributed by atoms with van der Waals surface area (Å²) in [6.07, 6.45) is 1.41. The van der Waals surface area contributed by atoms with Gasteiger partial charge in [-0.2, -0.15) is 0 Å². The lowest BCUT2D eigenvalue weighted by Crippen LogP contribution is -2.42. The van der Waals surface area contributed by atoms with Crippen LogP contribution >= 0.6 is 0 Å². The molecule has 2 aromatic carbocycles. The van der Waals surface area contributed by atoms with Crippen LogP contribution < -0.4 is 4.74 Å². The van der Waals surface area contributed by atoms with Gasteiger partial charge in [0, 0.05) is 31.0 Å². The van der Waals surface area contributed by atoms with Crippen molar-refractivity contribution in [2.75, 3.05) is 13.2 Å². The second-order valence-corrected chi connectivity index (χ2v) is 9.20. The zero-order valence-corrected chi connectivity index (χ0v) is 18.4. The number of benzene rings is 2. The monoisotopic (exact) mass is 405 g/mol. The Balaban J connectivity index is 1.51. The van der Waals surface area contributed by atoms with Crippen LogP contribution in [0.25, 0.3) is 11.0 Å². The van der Waals surface area contributed by atoms with E-state index < -0.39 is 0 Å². The Bertz CT molecular complexity index is 1030. The molecule has 1 aliphatic heterocycles. The maximum absolute atomic E-state index is 12.6. The Hall–Kier alpha value is -2.82. The van der Waals surface area contributed by atoms with E-state index in [1.165, 1.54) is 5.56 Å². The van der Waals surface area contributed by atoms with Crippen LogP contribution in [0.5, 0.6) is 5.75 Å². The second-order valence-electron chi connectivity index (χ2n) is 9.20. The molecule has 0 saturated carbocycles. The molecule has 1 aliphatic rings. The molecule has 0 N–H and O–H groups in total. The number of aryl methyl sites for hydroxylation is 2. The summed E-state index contributed by atoms with van der Waals surface area (Å²) in [7, 11) is 0. The molecule has 4 rings (SSSR count). The van der Waals surface area contributed by atoms with Gasteiger partial charge in [0.15, 0.2) is 0 Å². The maximum Gasteiger partial charge on any atom is 0.223 e. The smallest absolute Gasteiger partial charge is 0.223 e. The number of likely N-dealkylation sites (tertiary alicyclic amines) is 1. The topological polar surface area (TPSA) is 47.4 Å². The number of carbonyl (C=O) groups excluding carboxylic acids is 1. The van der Waals surface area contributed by atoms with E-state index in [0.29, 0.717) is 13.0 Å². The first-order valence-corrected chi connectivity index (χ1v) is 10.8. The fourth-order valence-corrected chi connectivity index (χ4v) is 4.22. The van der Waals surface area contributed by atoms with E-state index in [2.05, 4.69) is 56.5 Å². The molecule has 1 atom stereocenters. The molecular weight excluding hydrogens is 374 g/mol. The second kappa shape index (κ2) is 8.13. The van der Waals surface area contributed by atoms with Crippen molar-refractivity contribution in [2.45, 2.75) is 58.5 Å². The number of hydrogen-bond acceptors (Lipinski definition) is 3. The first-order valence-electron chi connectivity index (χ1n) is 10.8. The van der Waals surface area contributed by atoms with Gasteiger partial charge >= 0.3 is 0 Å². The summed E-state index contributed by atoms with van der Waals surface area (Å²) in [4.78, 5) is 19.6. The highest BCUT2D eigenvalue weighted by Crippen LogP contribution is 2.34. The third kappa shape index (κ3) is 4.20. The predicted octanol–water partition coefficient (Wildman–Crippen LogP) is 4.93.